The van der Waals surface area contributed by atoms with Crippen LogP contribution in [0, 0.1) is 13.8 Å². The number of amides is 1. The zero-order chi connectivity index (χ0) is 28.9. The molecule has 0 N–H and O–H groups in total. The second kappa shape index (κ2) is 10.2. The van der Waals surface area contributed by atoms with Crippen LogP contribution in [0.1, 0.15) is 65.6 Å². The van der Waals surface area contributed by atoms with Gasteiger partial charge in [-0.2, -0.15) is 0 Å². The van der Waals surface area contributed by atoms with Crippen LogP contribution in [0.3, 0.4) is 0 Å². The monoisotopic (exact) mass is 581 g/mol. The molecule has 1 saturated carbocycles. The van der Waals surface area contributed by atoms with E-state index in [4.69, 9.17) is 23.1 Å². The van der Waals surface area contributed by atoms with Crippen molar-refractivity contribution >= 4 is 38.7 Å². The fourth-order valence-corrected chi connectivity index (χ4v) is 6.19. The number of methoxy groups -OCH3 is 1. The molecule has 38 heavy (non-hydrogen) atoms. The number of aromatic nitrogens is 3. The highest BCUT2D eigenvalue weighted by molar-refractivity contribution is 9.10. The number of nitrogens with zero attached hydrogens (tertiary/aromatic N) is 4. The Kier molecular flexibility index (Phi) is 5.82. The van der Waals surface area contributed by atoms with Crippen LogP contribution < -0.4 is 4.90 Å². The maximum absolute atomic E-state index is 13.2. The third kappa shape index (κ3) is 4.41. The first-order chi connectivity index (χ1) is 19.6. The second-order valence-electron chi connectivity index (χ2n) is 10.1. The smallest absolute Gasteiger partial charge is 0.414 e. The largest absolute Gasteiger partial charge is 0.449 e. The summed E-state index contributed by atoms with van der Waals surface area (Å²) in [5.41, 5.74) is 5.23. The maximum atomic E-state index is 13.2. The molecule has 9 heteroatoms. The zero-order valence-electron chi connectivity index (χ0n) is 24.3. The number of ether oxygens (including phenoxy) is 2. The average molecular weight is 583 g/mol. The number of benzene rings is 2. The molecule has 2 aromatic carbocycles. The Morgan fingerprint density at radius 1 is 1.08 bits per heavy atom. The van der Waals surface area contributed by atoms with E-state index in [2.05, 4.69) is 43.9 Å². The molecule has 1 saturated heterocycles. The Balaban J connectivity index is 1.45. The van der Waals surface area contributed by atoms with E-state index in [1.807, 2.05) is 38.1 Å². The van der Waals surface area contributed by atoms with E-state index < -0.39 is 13.1 Å². The molecule has 1 aliphatic heterocycles. The molecule has 4 aromatic rings. The summed E-state index contributed by atoms with van der Waals surface area (Å²) in [6.07, 6.45) is 2.59. The van der Waals surface area contributed by atoms with Crippen LogP contribution in [0.2, 0.25) is 0 Å². The van der Waals surface area contributed by atoms with E-state index in [0.29, 0.717) is 25.9 Å². The fraction of sp³-hybridized carbons (Fsp3) is 0.414. The highest BCUT2D eigenvalue weighted by Gasteiger charge is 2.37. The molecule has 0 spiro atoms. The molecule has 3 heterocycles. The van der Waals surface area contributed by atoms with E-state index in [0.717, 1.165) is 62.4 Å². The summed E-state index contributed by atoms with van der Waals surface area (Å²) in [5.74, 6) is 1.53. The number of halogens is 1. The summed E-state index contributed by atoms with van der Waals surface area (Å²) in [6.45, 7) is 4.11. The average Bonchev–Trinajstić information content (AvgIpc) is 3.47. The molecule has 1 aliphatic carbocycles. The molecule has 1 atom stereocenters. The lowest BCUT2D eigenvalue weighted by Gasteiger charge is -2.37. The number of imidazole rings is 1. The van der Waals surface area contributed by atoms with Gasteiger partial charge >= 0.3 is 6.09 Å². The first kappa shape index (κ1) is 21.7. The van der Waals surface area contributed by atoms with Crippen LogP contribution in [0.15, 0.2) is 51.5 Å². The van der Waals surface area contributed by atoms with Crippen LogP contribution >= 0.6 is 15.9 Å². The van der Waals surface area contributed by atoms with E-state index in [-0.39, 0.29) is 18.2 Å². The molecule has 0 bridgehead atoms. The van der Waals surface area contributed by atoms with Crippen molar-refractivity contribution in [2.24, 2.45) is 0 Å². The lowest BCUT2D eigenvalue weighted by molar-refractivity contribution is 0.0582. The highest BCUT2D eigenvalue weighted by atomic mass is 79.9. The van der Waals surface area contributed by atoms with Crippen LogP contribution in [0.25, 0.3) is 22.2 Å². The summed E-state index contributed by atoms with van der Waals surface area (Å²) < 4.78 is 42.0. The summed E-state index contributed by atoms with van der Waals surface area (Å²) >= 11 is 3.48. The molecule has 1 unspecified atom stereocenters. The lowest BCUT2D eigenvalue weighted by atomic mass is 9.92. The van der Waals surface area contributed by atoms with E-state index >= 15 is 0 Å². The van der Waals surface area contributed by atoms with Gasteiger partial charge in [0.25, 0.3) is 0 Å². The number of fused-ring (bicyclic) bond motifs is 1. The predicted octanol–water partition coefficient (Wildman–Crippen LogP) is 7.29. The molecular weight excluding hydrogens is 548 g/mol. The van der Waals surface area contributed by atoms with Crippen LogP contribution in [-0.2, 0) is 9.47 Å². The highest BCUT2D eigenvalue weighted by Crippen LogP contribution is 2.41. The summed E-state index contributed by atoms with van der Waals surface area (Å²) in [4.78, 5) is 20.1. The number of aryl methyl sites for hydroxylation is 2. The first-order valence-electron chi connectivity index (χ1n) is 14.4. The topological polar surface area (TPSA) is 82.6 Å². The summed E-state index contributed by atoms with van der Waals surface area (Å²) in [7, 11) is -2.41. The van der Waals surface area contributed by atoms with Crippen molar-refractivity contribution in [2.45, 2.75) is 64.1 Å². The standard InChI is InChI=1S/C29H31BrN4O4/c1-17-27(18(2)38-32-17)19-4-13-25-24(16-19)31-28(33(25)21-9-11-23(36-3)12-10-21)26-14-15-37-29(35)34(26)22-7-5-20(30)6-8-22/h4-8,13,16,21,23,26H,9-12,14-15H2,1-3H3/i3D3. The number of carbonyl (C=O) groups excluding carboxylic acids is 1. The molecule has 2 fully saturated rings. The maximum Gasteiger partial charge on any atom is 0.414 e. The van der Waals surface area contributed by atoms with Crippen molar-refractivity contribution < 1.29 is 22.9 Å². The molecule has 1 amide bonds. The van der Waals surface area contributed by atoms with Gasteiger partial charge in [-0.1, -0.05) is 27.2 Å². The van der Waals surface area contributed by atoms with Gasteiger partial charge in [-0.05, 0) is 81.5 Å². The Morgan fingerprint density at radius 2 is 1.87 bits per heavy atom. The molecule has 2 aromatic heterocycles. The number of cyclic esters (lactones) is 1. The molecule has 2 aliphatic rings. The quantitative estimate of drug-likeness (QED) is 0.246. The second-order valence-corrected chi connectivity index (χ2v) is 11.0. The normalized spacial score (nSPS) is 23.7. The Hall–Kier alpha value is -3.17. The van der Waals surface area contributed by atoms with E-state index in [1.54, 1.807) is 4.90 Å². The number of anilines is 1. The van der Waals surface area contributed by atoms with Crippen molar-refractivity contribution in [1.29, 1.82) is 0 Å². The minimum absolute atomic E-state index is 0.0704. The minimum atomic E-state index is -2.41. The van der Waals surface area contributed by atoms with Crippen LogP contribution in [-0.4, -0.2) is 40.5 Å². The third-order valence-electron chi connectivity index (χ3n) is 7.74. The van der Waals surface area contributed by atoms with Gasteiger partial charge in [0.2, 0.25) is 0 Å². The van der Waals surface area contributed by atoms with Gasteiger partial charge < -0.3 is 18.6 Å². The number of carbonyl (C=O) groups is 1. The van der Waals surface area contributed by atoms with Crippen LogP contribution in [0.4, 0.5) is 10.5 Å². The molecular formula is C29H31BrN4O4. The first-order valence-corrected chi connectivity index (χ1v) is 13.7. The lowest BCUT2D eigenvalue weighted by Crippen LogP contribution is -2.42. The van der Waals surface area contributed by atoms with Crippen molar-refractivity contribution in [3.63, 3.8) is 0 Å². The number of rotatable bonds is 5. The van der Waals surface area contributed by atoms with Crippen molar-refractivity contribution in [3.8, 4) is 11.1 Å². The fourth-order valence-electron chi connectivity index (χ4n) is 5.92. The van der Waals surface area contributed by atoms with E-state index in [9.17, 15) is 4.79 Å². The van der Waals surface area contributed by atoms with Crippen molar-refractivity contribution in [2.75, 3.05) is 18.5 Å². The minimum Gasteiger partial charge on any atom is -0.449 e. The zero-order valence-corrected chi connectivity index (χ0v) is 22.9. The Labute approximate surface area is 234 Å². The van der Waals surface area contributed by atoms with Gasteiger partial charge in [0.05, 0.1) is 33.6 Å². The molecule has 6 rings (SSSR count). The van der Waals surface area contributed by atoms with Gasteiger partial charge in [-0.25, -0.2) is 9.78 Å². The van der Waals surface area contributed by atoms with Gasteiger partial charge in [0, 0.05) is 35.2 Å². The molecule has 198 valence electrons. The molecule has 0 radical (unpaired) electrons. The summed E-state index contributed by atoms with van der Waals surface area (Å²) in [6, 6.07) is 13.5. The number of hydrogen-bond donors (Lipinski definition) is 0. The predicted molar refractivity (Wildman–Crippen MR) is 148 cm³/mol. The summed E-state index contributed by atoms with van der Waals surface area (Å²) in [5, 5.41) is 4.12. The number of hydrogen-bond acceptors (Lipinski definition) is 6. The third-order valence-corrected chi connectivity index (χ3v) is 8.27. The van der Waals surface area contributed by atoms with Crippen LogP contribution in [0.5, 0.6) is 0 Å². The molecule has 8 nitrogen and oxygen atoms in total. The van der Waals surface area contributed by atoms with Crippen molar-refractivity contribution in [1.82, 2.24) is 14.7 Å². The van der Waals surface area contributed by atoms with E-state index in [1.165, 1.54) is 0 Å². The van der Waals surface area contributed by atoms with Crippen molar-refractivity contribution in [3.05, 3.63) is 64.2 Å². The van der Waals surface area contributed by atoms with Gasteiger partial charge in [-0.15, -0.1) is 0 Å². The van der Waals surface area contributed by atoms with Gasteiger partial charge in [0.1, 0.15) is 17.6 Å². The van der Waals surface area contributed by atoms with Gasteiger partial charge in [-0.3, -0.25) is 4.90 Å². The Morgan fingerprint density at radius 3 is 2.58 bits per heavy atom. The van der Waals surface area contributed by atoms with Gasteiger partial charge in [0.15, 0.2) is 0 Å². The Bertz CT molecular complexity index is 1560. The SMILES string of the molecule is [2H]C([2H])([2H])OC1CCC(n2c(C3CCOC(=O)N3c3ccc(Br)cc3)nc3cc(-c4c(C)noc4C)ccc32)CC1.